The van der Waals surface area contributed by atoms with Crippen molar-refractivity contribution >= 4 is 28.6 Å². The van der Waals surface area contributed by atoms with E-state index in [0.29, 0.717) is 47.5 Å². The molecule has 0 saturated carbocycles. The number of fused-ring (bicyclic) bond motifs is 1. The molecule has 0 spiro atoms. The zero-order valence-electron chi connectivity index (χ0n) is 23.6. The highest BCUT2D eigenvalue weighted by molar-refractivity contribution is 5.89. The van der Waals surface area contributed by atoms with Gasteiger partial charge in [-0.25, -0.2) is 9.59 Å². The van der Waals surface area contributed by atoms with E-state index in [0.717, 1.165) is 12.2 Å². The summed E-state index contributed by atoms with van der Waals surface area (Å²) < 4.78 is 22.3. The summed E-state index contributed by atoms with van der Waals surface area (Å²) in [5.74, 6) is 1.01. The number of esters is 1. The Balaban J connectivity index is 1.13. The van der Waals surface area contributed by atoms with Crippen molar-refractivity contribution in [3.63, 3.8) is 0 Å². The van der Waals surface area contributed by atoms with Gasteiger partial charge in [0.15, 0.2) is 0 Å². The first-order chi connectivity index (χ1) is 20.1. The van der Waals surface area contributed by atoms with Crippen LogP contribution in [0.25, 0.3) is 10.9 Å². The summed E-state index contributed by atoms with van der Waals surface area (Å²) in [6.07, 6.45) is 9.22. The van der Waals surface area contributed by atoms with Gasteiger partial charge in [-0.3, -0.25) is 0 Å². The third kappa shape index (κ3) is 9.67. The molecule has 0 radical (unpaired) electrons. The van der Waals surface area contributed by atoms with E-state index >= 15 is 0 Å². The fourth-order valence-corrected chi connectivity index (χ4v) is 4.29. The molecule has 0 atom stereocenters. The Kier molecular flexibility index (Phi) is 11.6. The van der Waals surface area contributed by atoms with Crippen LogP contribution in [0.5, 0.6) is 11.5 Å². The maximum Gasteiger partial charge on any atom is 0.348 e. The molecular weight excluding hydrogens is 520 g/mol. The van der Waals surface area contributed by atoms with Gasteiger partial charge in [0, 0.05) is 18.2 Å². The van der Waals surface area contributed by atoms with E-state index in [-0.39, 0.29) is 18.6 Å². The molecule has 4 rings (SSSR count). The maximum atomic E-state index is 12.4. The molecule has 8 heteroatoms. The van der Waals surface area contributed by atoms with E-state index < -0.39 is 5.63 Å². The lowest BCUT2D eigenvalue weighted by Crippen LogP contribution is -2.09. The van der Waals surface area contributed by atoms with Gasteiger partial charge in [-0.05, 0) is 55.0 Å². The van der Waals surface area contributed by atoms with Gasteiger partial charge < -0.3 is 23.9 Å². The number of rotatable bonds is 17. The molecule has 1 heterocycles. The van der Waals surface area contributed by atoms with Gasteiger partial charge in [0.2, 0.25) is 0 Å². The van der Waals surface area contributed by atoms with Gasteiger partial charge >= 0.3 is 17.6 Å². The molecule has 216 valence electrons. The number of nitrogens with one attached hydrogen (secondary N) is 1. The number of aromatic nitrogens is 1. The Hall–Kier alpha value is -4.33. The quantitative estimate of drug-likeness (QED) is 0.104. The smallest absolute Gasteiger partial charge is 0.348 e. The minimum Gasteiger partial charge on any atom is -0.494 e. The van der Waals surface area contributed by atoms with E-state index in [1.54, 1.807) is 48.5 Å². The average Bonchev–Trinajstić information content (AvgIpc) is 2.99. The number of para-hydroxylation sites is 1. The third-order valence-corrected chi connectivity index (χ3v) is 6.52. The van der Waals surface area contributed by atoms with Crippen LogP contribution >= 0.6 is 0 Å². The van der Waals surface area contributed by atoms with Crippen LogP contribution in [0.15, 0.2) is 82.0 Å². The number of nitrogens with zero attached hydrogens (tertiary/aromatic N) is 1. The minimum atomic E-state index is -0.455. The molecule has 0 aliphatic heterocycles. The van der Waals surface area contributed by atoms with Crippen LogP contribution in [0.2, 0.25) is 0 Å². The molecule has 0 amide bonds. The van der Waals surface area contributed by atoms with E-state index in [2.05, 4.69) is 17.2 Å². The van der Waals surface area contributed by atoms with Crippen LogP contribution in [-0.2, 0) is 4.74 Å². The standard InChI is InChI=1S/C33H38N2O6/c1-2-3-4-5-6-7-10-21-38-27-19-17-25(18-20-27)31(36)40-23-12-22-39-28-14-11-13-26(24-28)34-33-35-30-16-9-8-15-29(30)32(37)41-33/h8-9,11,13-20,24H,2-7,10,12,21-23H2,1H3,(H,34,35). The first kappa shape index (κ1) is 29.6. The summed E-state index contributed by atoms with van der Waals surface area (Å²) in [5.41, 5.74) is 1.25. The summed E-state index contributed by atoms with van der Waals surface area (Å²) in [4.78, 5) is 28.9. The molecule has 0 aliphatic carbocycles. The second-order valence-corrected chi connectivity index (χ2v) is 9.81. The molecule has 0 saturated heterocycles. The Morgan fingerprint density at radius 3 is 2.34 bits per heavy atom. The Morgan fingerprint density at radius 1 is 0.780 bits per heavy atom. The minimum absolute atomic E-state index is 0.102. The van der Waals surface area contributed by atoms with E-state index in [1.165, 1.54) is 38.5 Å². The van der Waals surface area contributed by atoms with Crippen LogP contribution < -0.4 is 20.4 Å². The Labute approximate surface area is 240 Å². The molecule has 8 nitrogen and oxygen atoms in total. The van der Waals surface area contributed by atoms with Gasteiger partial charge in [-0.1, -0.05) is 63.6 Å². The first-order valence-corrected chi connectivity index (χ1v) is 14.4. The zero-order valence-corrected chi connectivity index (χ0v) is 23.6. The number of benzene rings is 3. The topological polar surface area (TPSA) is 99.9 Å². The van der Waals surface area contributed by atoms with Crippen molar-refractivity contribution in [2.24, 2.45) is 0 Å². The number of hydrogen-bond donors (Lipinski definition) is 1. The van der Waals surface area contributed by atoms with Crippen LogP contribution in [0.4, 0.5) is 11.7 Å². The molecule has 0 unspecified atom stereocenters. The third-order valence-electron chi connectivity index (χ3n) is 6.52. The highest BCUT2D eigenvalue weighted by Crippen LogP contribution is 2.21. The summed E-state index contributed by atoms with van der Waals surface area (Å²) in [6, 6.07) is 21.4. The van der Waals surface area contributed by atoms with Crippen LogP contribution in [0.3, 0.4) is 0 Å². The van der Waals surface area contributed by atoms with Crippen LogP contribution in [-0.4, -0.2) is 30.8 Å². The predicted octanol–water partition coefficient (Wildman–Crippen LogP) is 7.69. The van der Waals surface area contributed by atoms with Crippen LogP contribution in [0.1, 0.15) is 68.6 Å². The number of anilines is 2. The van der Waals surface area contributed by atoms with Crippen molar-refractivity contribution in [3.05, 3.63) is 88.8 Å². The second-order valence-electron chi connectivity index (χ2n) is 9.81. The fourth-order valence-electron chi connectivity index (χ4n) is 4.29. The largest absolute Gasteiger partial charge is 0.494 e. The molecule has 3 aromatic carbocycles. The van der Waals surface area contributed by atoms with E-state index in [4.69, 9.17) is 18.6 Å². The number of hydrogen-bond acceptors (Lipinski definition) is 8. The molecule has 1 aromatic heterocycles. The Bertz CT molecular complexity index is 1430. The summed E-state index contributed by atoms with van der Waals surface area (Å²) in [6.45, 7) is 3.52. The highest BCUT2D eigenvalue weighted by atomic mass is 16.5. The number of unbranched alkanes of at least 4 members (excludes halogenated alkanes) is 6. The van der Waals surface area contributed by atoms with Crippen molar-refractivity contribution in [3.8, 4) is 11.5 Å². The van der Waals surface area contributed by atoms with E-state index in [1.807, 2.05) is 24.3 Å². The summed E-state index contributed by atoms with van der Waals surface area (Å²) in [5, 5.41) is 3.43. The van der Waals surface area contributed by atoms with Gasteiger partial charge in [0.1, 0.15) is 11.5 Å². The number of ether oxygens (including phenoxy) is 3. The molecule has 0 aliphatic rings. The van der Waals surface area contributed by atoms with Crippen molar-refractivity contribution < 1.29 is 23.4 Å². The lowest BCUT2D eigenvalue weighted by molar-refractivity contribution is 0.0486. The maximum absolute atomic E-state index is 12.4. The molecule has 1 N–H and O–H groups in total. The SMILES string of the molecule is CCCCCCCCCOc1ccc(C(=O)OCCCOc2cccc(Nc3nc4ccccc4c(=O)o3)c2)cc1. The molecule has 41 heavy (non-hydrogen) atoms. The fraction of sp³-hybridized carbons (Fsp3) is 0.364. The number of carbonyl (C=O) groups excluding carboxylic acids is 1. The van der Waals surface area contributed by atoms with Gasteiger partial charge in [0.05, 0.1) is 36.3 Å². The highest BCUT2D eigenvalue weighted by Gasteiger charge is 2.09. The average molecular weight is 559 g/mol. The monoisotopic (exact) mass is 558 g/mol. The summed E-state index contributed by atoms with van der Waals surface area (Å²) in [7, 11) is 0. The molecule has 0 bridgehead atoms. The lowest BCUT2D eigenvalue weighted by Gasteiger charge is -2.10. The van der Waals surface area contributed by atoms with Gasteiger partial charge in [-0.15, -0.1) is 0 Å². The zero-order chi connectivity index (χ0) is 28.7. The van der Waals surface area contributed by atoms with Crippen molar-refractivity contribution in [2.75, 3.05) is 25.1 Å². The molecular formula is C33H38N2O6. The van der Waals surface area contributed by atoms with Gasteiger partial charge in [-0.2, -0.15) is 4.98 Å². The van der Waals surface area contributed by atoms with Crippen LogP contribution in [0, 0.1) is 0 Å². The normalized spacial score (nSPS) is 10.9. The predicted molar refractivity (Wildman–Crippen MR) is 160 cm³/mol. The molecule has 4 aromatic rings. The lowest BCUT2D eigenvalue weighted by atomic mass is 10.1. The van der Waals surface area contributed by atoms with Crippen molar-refractivity contribution in [2.45, 2.75) is 58.3 Å². The van der Waals surface area contributed by atoms with Crippen molar-refractivity contribution in [1.82, 2.24) is 4.98 Å². The van der Waals surface area contributed by atoms with Gasteiger partial charge in [0.25, 0.3) is 0 Å². The summed E-state index contributed by atoms with van der Waals surface area (Å²) >= 11 is 0. The second kappa shape index (κ2) is 16.1. The number of carbonyl (C=O) groups is 1. The first-order valence-electron chi connectivity index (χ1n) is 14.4. The Morgan fingerprint density at radius 2 is 1.51 bits per heavy atom. The van der Waals surface area contributed by atoms with E-state index in [9.17, 15) is 9.59 Å². The van der Waals surface area contributed by atoms with Crippen molar-refractivity contribution in [1.29, 1.82) is 0 Å². The molecule has 0 fully saturated rings.